The van der Waals surface area contributed by atoms with E-state index < -0.39 is 0 Å². The monoisotopic (exact) mass is 405 g/mol. The Hall–Kier alpha value is -1.04. The lowest BCUT2D eigenvalue weighted by atomic mass is 9.85. The molecule has 2 fully saturated rings. The third kappa shape index (κ3) is 5.73. The number of carbonyl (C=O) groups excluding carboxylic acids is 1. The lowest BCUT2D eigenvalue weighted by molar-refractivity contribution is -0.117. The van der Waals surface area contributed by atoms with Crippen molar-refractivity contribution in [3.8, 4) is 0 Å². The molecule has 7 heteroatoms. The number of amides is 1. The molecule has 0 saturated carbocycles. The van der Waals surface area contributed by atoms with Crippen LogP contribution in [0.4, 0.5) is 15.8 Å². The number of halogens is 3. The molecular formula is C19H30Cl2FN3O. The minimum atomic E-state index is -0.347. The molecule has 0 radical (unpaired) electrons. The molecule has 2 unspecified atom stereocenters. The summed E-state index contributed by atoms with van der Waals surface area (Å²) in [5.74, 6) is 0.404. The van der Waals surface area contributed by atoms with Gasteiger partial charge in [-0.05, 0) is 62.7 Å². The van der Waals surface area contributed by atoms with Gasteiger partial charge in [0.25, 0.3) is 0 Å². The second kappa shape index (κ2) is 11.0. The Morgan fingerprint density at radius 2 is 2.04 bits per heavy atom. The van der Waals surface area contributed by atoms with Crippen LogP contribution in [0.3, 0.4) is 0 Å². The van der Waals surface area contributed by atoms with Crippen LogP contribution in [0.5, 0.6) is 0 Å². The van der Waals surface area contributed by atoms with Crippen LogP contribution in [-0.2, 0) is 4.79 Å². The first-order chi connectivity index (χ1) is 11.6. The number of anilines is 2. The zero-order valence-electron chi connectivity index (χ0n) is 15.3. The molecule has 3 rings (SSSR count). The summed E-state index contributed by atoms with van der Waals surface area (Å²) in [6.45, 7) is 6.03. The number of nitrogens with one attached hydrogen (secondary N) is 2. The second-order valence-corrected chi connectivity index (χ2v) is 7.16. The molecule has 1 aromatic carbocycles. The van der Waals surface area contributed by atoms with Crippen molar-refractivity contribution in [1.82, 2.24) is 5.32 Å². The number of rotatable bonds is 5. The van der Waals surface area contributed by atoms with Gasteiger partial charge in [0.05, 0.1) is 5.69 Å². The molecule has 1 amide bonds. The van der Waals surface area contributed by atoms with Gasteiger partial charge in [-0.25, -0.2) is 4.39 Å². The first kappa shape index (κ1) is 23.0. The van der Waals surface area contributed by atoms with Crippen molar-refractivity contribution in [3.05, 3.63) is 24.0 Å². The van der Waals surface area contributed by atoms with Gasteiger partial charge in [0.2, 0.25) is 5.91 Å². The zero-order valence-corrected chi connectivity index (χ0v) is 16.9. The van der Waals surface area contributed by atoms with Gasteiger partial charge in [-0.1, -0.05) is 13.0 Å². The number of hydrogen-bond donors (Lipinski definition) is 2. The third-order valence-electron chi connectivity index (χ3n) is 5.35. The van der Waals surface area contributed by atoms with Crippen LogP contribution in [0, 0.1) is 17.7 Å². The van der Waals surface area contributed by atoms with Crippen LogP contribution in [-0.4, -0.2) is 32.1 Å². The summed E-state index contributed by atoms with van der Waals surface area (Å²) in [6, 6.07) is 5.04. The standard InChI is InChI=1S/C19H28FN3O.2ClH/c1-14(15-6-5-9-21-13-15)12-18(24)22-19-16(20)7-4-8-17(19)23-10-2-3-11-23;;/h4,7-8,14-15,21H,2-3,5-6,9-13H2,1H3,(H,22,24);2*1H. The van der Waals surface area contributed by atoms with Crippen LogP contribution in [0.15, 0.2) is 18.2 Å². The van der Waals surface area contributed by atoms with Crippen molar-refractivity contribution >= 4 is 42.1 Å². The quantitative estimate of drug-likeness (QED) is 0.769. The second-order valence-electron chi connectivity index (χ2n) is 7.16. The minimum absolute atomic E-state index is 0. The zero-order chi connectivity index (χ0) is 16.9. The number of benzene rings is 1. The van der Waals surface area contributed by atoms with E-state index in [9.17, 15) is 9.18 Å². The van der Waals surface area contributed by atoms with Gasteiger partial charge < -0.3 is 15.5 Å². The minimum Gasteiger partial charge on any atom is -0.370 e. The SMILES string of the molecule is CC(CC(=O)Nc1c(F)cccc1N1CCCC1)C1CCCNC1.Cl.Cl. The molecule has 0 aliphatic carbocycles. The molecule has 0 bridgehead atoms. The van der Waals surface area contributed by atoms with Crippen LogP contribution in [0.25, 0.3) is 0 Å². The highest BCUT2D eigenvalue weighted by atomic mass is 35.5. The fourth-order valence-corrected chi connectivity index (χ4v) is 3.87. The molecule has 1 aromatic rings. The highest BCUT2D eigenvalue weighted by Gasteiger charge is 2.24. The molecular weight excluding hydrogens is 376 g/mol. The van der Waals surface area contributed by atoms with E-state index >= 15 is 0 Å². The molecule has 2 atom stereocenters. The van der Waals surface area contributed by atoms with Crippen LogP contribution < -0.4 is 15.5 Å². The molecule has 0 aromatic heterocycles. The Labute approximate surface area is 168 Å². The highest BCUT2D eigenvalue weighted by Crippen LogP contribution is 2.32. The number of para-hydroxylation sites is 1. The predicted molar refractivity (Wildman–Crippen MR) is 110 cm³/mol. The van der Waals surface area contributed by atoms with E-state index in [2.05, 4.69) is 22.5 Å². The predicted octanol–water partition coefficient (Wildman–Crippen LogP) is 4.23. The Balaban J connectivity index is 0.00000169. The smallest absolute Gasteiger partial charge is 0.224 e. The molecule has 4 nitrogen and oxygen atoms in total. The van der Waals surface area contributed by atoms with Gasteiger partial charge in [-0.2, -0.15) is 0 Å². The van der Waals surface area contributed by atoms with Gasteiger partial charge in [-0.15, -0.1) is 24.8 Å². The average molecular weight is 406 g/mol. The van der Waals surface area contributed by atoms with E-state index in [-0.39, 0.29) is 36.5 Å². The molecule has 148 valence electrons. The molecule has 2 saturated heterocycles. The number of hydrogen-bond acceptors (Lipinski definition) is 3. The van der Waals surface area contributed by atoms with E-state index in [0.717, 1.165) is 44.7 Å². The first-order valence-corrected chi connectivity index (χ1v) is 9.19. The maximum Gasteiger partial charge on any atom is 0.224 e. The maximum atomic E-state index is 14.3. The van der Waals surface area contributed by atoms with Crippen LogP contribution >= 0.6 is 24.8 Å². The Morgan fingerprint density at radius 1 is 1.31 bits per heavy atom. The van der Waals surface area contributed by atoms with Crippen molar-refractivity contribution in [2.75, 3.05) is 36.4 Å². The van der Waals surface area contributed by atoms with E-state index in [1.165, 1.54) is 18.9 Å². The van der Waals surface area contributed by atoms with Crippen molar-refractivity contribution in [1.29, 1.82) is 0 Å². The topological polar surface area (TPSA) is 44.4 Å². The molecule has 2 aliphatic rings. The molecule has 2 heterocycles. The first-order valence-electron chi connectivity index (χ1n) is 9.19. The van der Waals surface area contributed by atoms with E-state index in [4.69, 9.17) is 0 Å². The normalized spacial score (nSPS) is 20.7. The van der Waals surface area contributed by atoms with E-state index in [0.29, 0.717) is 23.9 Å². The van der Waals surface area contributed by atoms with Gasteiger partial charge >= 0.3 is 0 Å². The van der Waals surface area contributed by atoms with Gasteiger partial charge in [0.15, 0.2) is 0 Å². The van der Waals surface area contributed by atoms with Gasteiger partial charge in [-0.3, -0.25) is 4.79 Å². The maximum absolute atomic E-state index is 14.3. The Kier molecular flexibility index (Phi) is 9.69. The summed E-state index contributed by atoms with van der Waals surface area (Å²) in [7, 11) is 0. The summed E-state index contributed by atoms with van der Waals surface area (Å²) < 4.78 is 14.3. The Bertz CT molecular complexity index is 576. The number of piperidine rings is 1. The van der Waals surface area contributed by atoms with Gasteiger partial charge in [0, 0.05) is 19.5 Å². The van der Waals surface area contributed by atoms with Gasteiger partial charge in [0.1, 0.15) is 11.5 Å². The third-order valence-corrected chi connectivity index (χ3v) is 5.35. The van der Waals surface area contributed by atoms with Crippen LogP contribution in [0.2, 0.25) is 0 Å². The fraction of sp³-hybridized carbons (Fsp3) is 0.632. The lowest BCUT2D eigenvalue weighted by Crippen LogP contribution is -2.34. The number of nitrogens with zero attached hydrogens (tertiary/aromatic N) is 1. The highest BCUT2D eigenvalue weighted by molar-refractivity contribution is 5.94. The van der Waals surface area contributed by atoms with Crippen molar-refractivity contribution in [2.45, 2.75) is 39.0 Å². The fourth-order valence-electron chi connectivity index (χ4n) is 3.87. The lowest BCUT2D eigenvalue weighted by Gasteiger charge is -2.28. The summed E-state index contributed by atoms with van der Waals surface area (Å²) in [5, 5.41) is 6.25. The Morgan fingerprint density at radius 3 is 2.69 bits per heavy atom. The molecule has 0 spiro atoms. The van der Waals surface area contributed by atoms with Crippen molar-refractivity contribution in [3.63, 3.8) is 0 Å². The summed E-state index contributed by atoms with van der Waals surface area (Å²) in [6.07, 6.45) is 5.02. The van der Waals surface area contributed by atoms with E-state index in [1.807, 2.05) is 6.07 Å². The molecule has 26 heavy (non-hydrogen) atoms. The van der Waals surface area contributed by atoms with Crippen molar-refractivity contribution < 1.29 is 9.18 Å². The van der Waals surface area contributed by atoms with E-state index in [1.54, 1.807) is 6.07 Å². The molecule has 2 N–H and O–H groups in total. The van der Waals surface area contributed by atoms with Crippen LogP contribution in [0.1, 0.15) is 39.0 Å². The largest absolute Gasteiger partial charge is 0.370 e. The van der Waals surface area contributed by atoms with Crippen molar-refractivity contribution in [2.24, 2.45) is 11.8 Å². The number of carbonyl (C=O) groups is 1. The summed E-state index contributed by atoms with van der Waals surface area (Å²) in [5.41, 5.74) is 1.16. The average Bonchev–Trinajstić information content (AvgIpc) is 3.12. The summed E-state index contributed by atoms with van der Waals surface area (Å²) >= 11 is 0. The molecule has 2 aliphatic heterocycles. The summed E-state index contributed by atoms with van der Waals surface area (Å²) in [4.78, 5) is 14.6.